The second kappa shape index (κ2) is 5.34. The highest BCUT2D eigenvalue weighted by Crippen LogP contribution is 2.40. The third-order valence-electron chi connectivity index (χ3n) is 5.03. The molecule has 19 heavy (non-hydrogen) atoms. The Morgan fingerprint density at radius 3 is 2.42 bits per heavy atom. The largest absolute Gasteiger partial charge is 0.394 e. The highest BCUT2D eigenvalue weighted by Gasteiger charge is 2.46. The fourth-order valence-electron chi connectivity index (χ4n) is 3.79. The van der Waals surface area contributed by atoms with Gasteiger partial charge < -0.3 is 10.4 Å². The molecule has 0 aliphatic heterocycles. The topological polar surface area (TPSA) is 35.5 Å². The van der Waals surface area contributed by atoms with Gasteiger partial charge in [0.25, 0.3) is 0 Å². The molecule has 0 radical (unpaired) electrons. The monoisotopic (exact) mass is 266 g/mol. The van der Waals surface area contributed by atoms with E-state index >= 15 is 0 Å². The molecule has 3 rings (SSSR count). The minimum absolute atomic E-state index is 0.0377. The number of aliphatic hydroxyl groups excluding tert-OH is 1. The Bertz CT molecular complexity index is 312. The standard InChI is InChI=1S/C16H30N2O/c1-12(2)10-18(14-5-6-14)15-7-8-16(9-15,11-19)17-13-3-4-13/h12-15,17,19H,3-11H2,1-2H3. The van der Waals surface area contributed by atoms with Crippen molar-refractivity contribution < 1.29 is 5.11 Å². The summed E-state index contributed by atoms with van der Waals surface area (Å²) in [6.07, 6.45) is 8.99. The van der Waals surface area contributed by atoms with Crippen molar-refractivity contribution in [1.29, 1.82) is 0 Å². The van der Waals surface area contributed by atoms with Gasteiger partial charge in [-0.3, -0.25) is 4.90 Å². The lowest BCUT2D eigenvalue weighted by molar-refractivity contribution is 0.130. The minimum atomic E-state index is 0.0377. The number of hydrogen-bond donors (Lipinski definition) is 2. The lowest BCUT2D eigenvalue weighted by Gasteiger charge is -2.33. The number of hydrogen-bond acceptors (Lipinski definition) is 3. The van der Waals surface area contributed by atoms with Gasteiger partial charge in [0.1, 0.15) is 0 Å². The van der Waals surface area contributed by atoms with Gasteiger partial charge in [0.15, 0.2) is 0 Å². The molecule has 2 atom stereocenters. The first-order valence-electron chi connectivity index (χ1n) is 8.26. The summed E-state index contributed by atoms with van der Waals surface area (Å²) < 4.78 is 0. The van der Waals surface area contributed by atoms with Crippen LogP contribution in [0.2, 0.25) is 0 Å². The molecule has 0 spiro atoms. The zero-order valence-electron chi connectivity index (χ0n) is 12.6. The predicted octanol–water partition coefficient (Wildman–Crippen LogP) is 2.14. The fourth-order valence-corrected chi connectivity index (χ4v) is 3.79. The van der Waals surface area contributed by atoms with Crippen molar-refractivity contribution in [3.8, 4) is 0 Å². The van der Waals surface area contributed by atoms with E-state index in [0.29, 0.717) is 18.7 Å². The first-order chi connectivity index (χ1) is 9.12. The number of nitrogens with zero attached hydrogens (tertiary/aromatic N) is 1. The summed E-state index contributed by atoms with van der Waals surface area (Å²) in [4.78, 5) is 2.76. The molecule has 2 N–H and O–H groups in total. The minimum Gasteiger partial charge on any atom is -0.394 e. The predicted molar refractivity (Wildman–Crippen MR) is 78.2 cm³/mol. The van der Waals surface area contributed by atoms with Crippen molar-refractivity contribution in [3.05, 3.63) is 0 Å². The first-order valence-corrected chi connectivity index (χ1v) is 8.26. The van der Waals surface area contributed by atoms with Gasteiger partial charge in [-0.25, -0.2) is 0 Å². The van der Waals surface area contributed by atoms with E-state index in [-0.39, 0.29) is 5.54 Å². The van der Waals surface area contributed by atoms with Crippen LogP contribution in [0.25, 0.3) is 0 Å². The van der Waals surface area contributed by atoms with Gasteiger partial charge in [0.2, 0.25) is 0 Å². The molecule has 3 aliphatic rings. The second-order valence-corrected chi connectivity index (χ2v) is 7.58. The Balaban J connectivity index is 1.61. The van der Waals surface area contributed by atoms with Gasteiger partial charge in [-0.15, -0.1) is 0 Å². The smallest absolute Gasteiger partial charge is 0.0614 e. The van der Waals surface area contributed by atoms with E-state index in [1.165, 1.54) is 38.6 Å². The molecule has 0 aromatic heterocycles. The molecule has 0 bridgehead atoms. The number of rotatable bonds is 7. The van der Waals surface area contributed by atoms with Crippen LogP contribution in [0.5, 0.6) is 0 Å². The molecular weight excluding hydrogens is 236 g/mol. The summed E-state index contributed by atoms with van der Waals surface area (Å²) in [5, 5.41) is 13.6. The van der Waals surface area contributed by atoms with Gasteiger partial charge in [0, 0.05) is 30.2 Å². The highest BCUT2D eigenvalue weighted by molar-refractivity contribution is 5.04. The van der Waals surface area contributed by atoms with E-state index in [4.69, 9.17) is 0 Å². The first kappa shape index (κ1) is 13.8. The second-order valence-electron chi connectivity index (χ2n) is 7.58. The summed E-state index contributed by atoms with van der Waals surface area (Å²) in [7, 11) is 0. The van der Waals surface area contributed by atoms with Gasteiger partial charge in [-0.2, -0.15) is 0 Å². The van der Waals surface area contributed by atoms with Crippen LogP contribution in [0, 0.1) is 5.92 Å². The molecule has 110 valence electrons. The maximum Gasteiger partial charge on any atom is 0.0614 e. The molecule has 3 saturated carbocycles. The lowest BCUT2D eigenvalue weighted by atomic mass is 9.98. The molecule has 3 fully saturated rings. The molecule has 0 aromatic carbocycles. The van der Waals surface area contributed by atoms with E-state index in [0.717, 1.165) is 24.8 Å². The molecule has 0 heterocycles. The summed E-state index contributed by atoms with van der Waals surface area (Å²) in [6, 6.07) is 2.25. The van der Waals surface area contributed by atoms with Crippen LogP contribution in [0.3, 0.4) is 0 Å². The third kappa shape index (κ3) is 3.32. The van der Waals surface area contributed by atoms with Gasteiger partial charge >= 0.3 is 0 Å². The summed E-state index contributed by atoms with van der Waals surface area (Å²) in [6.45, 7) is 6.21. The maximum absolute atomic E-state index is 9.85. The van der Waals surface area contributed by atoms with Crippen molar-refractivity contribution in [3.63, 3.8) is 0 Å². The molecule has 3 aliphatic carbocycles. The lowest BCUT2D eigenvalue weighted by Crippen LogP contribution is -2.49. The Labute approximate surface area is 117 Å². The van der Waals surface area contributed by atoms with Crippen molar-refractivity contribution in [2.45, 2.75) is 82.5 Å². The van der Waals surface area contributed by atoms with Crippen LogP contribution in [0.15, 0.2) is 0 Å². The van der Waals surface area contributed by atoms with Crippen molar-refractivity contribution >= 4 is 0 Å². The average molecular weight is 266 g/mol. The zero-order chi connectivity index (χ0) is 13.5. The third-order valence-corrected chi connectivity index (χ3v) is 5.03. The van der Waals surface area contributed by atoms with E-state index < -0.39 is 0 Å². The van der Waals surface area contributed by atoms with Gasteiger partial charge in [-0.1, -0.05) is 13.8 Å². The van der Waals surface area contributed by atoms with Crippen LogP contribution in [0.4, 0.5) is 0 Å². The molecule has 3 heteroatoms. The van der Waals surface area contributed by atoms with Crippen molar-refractivity contribution in [1.82, 2.24) is 10.2 Å². The summed E-state index contributed by atoms with van der Waals surface area (Å²) >= 11 is 0. The molecule has 0 saturated heterocycles. The van der Waals surface area contributed by atoms with Crippen molar-refractivity contribution in [2.24, 2.45) is 5.92 Å². The van der Waals surface area contributed by atoms with Crippen LogP contribution in [-0.4, -0.2) is 46.8 Å². The highest BCUT2D eigenvalue weighted by atomic mass is 16.3. The van der Waals surface area contributed by atoms with Crippen LogP contribution in [0.1, 0.15) is 58.8 Å². The Hall–Kier alpha value is -0.120. The molecule has 0 aromatic rings. The molecule has 0 amide bonds. The summed E-state index contributed by atoms with van der Waals surface area (Å²) in [5.74, 6) is 0.751. The molecular formula is C16H30N2O. The fraction of sp³-hybridized carbons (Fsp3) is 1.00. The quantitative estimate of drug-likeness (QED) is 0.741. The Morgan fingerprint density at radius 2 is 1.89 bits per heavy atom. The Morgan fingerprint density at radius 1 is 1.16 bits per heavy atom. The Kier molecular flexibility index (Phi) is 3.89. The number of nitrogens with one attached hydrogen (secondary N) is 1. The molecule has 3 nitrogen and oxygen atoms in total. The van der Waals surface area contributed by atoms with E-state index in [9.17, 15) is 5.11 Å². The van der Waals surface area contributed by atoms with Gasteiger partial charge in [-0.05, 0) is 50.9 Å². The normalized spacial score (nSPS) is 35.5. The van der Waals surface area contributed by atoms with E-state index in [1.54, 1.807) is 0 Å². The SMILES string of the molecule is CC(C)CN(C1CC1)C1CCC(CO)(NC2CC2)C1. The van der Waals surface area contributed by atoms with Crippen molar-refractivity contribution in [2.75, 3.05) is 13.2 Å². The van der Waals surface area contributed by atoms with Gasteiger partial charge in [0.05, 0.1) is 6.61 Å². The van der Waals surface area contributed by atoms with Crippen LogP contribution < -0.4 is 5.32 Å². The molecule has 2 unspecified atom stereocenters. The van der Waals surface area contributed by atoms with E-state index in [1.807, 2.05) is 0 Å². The van der Waals surface area contributed by atoms with Crippen LogP contribution in [-0.2, 0) is 0 Å². The zero-order valence-corrected chi connectivity index (χ0v) is 12.6. The maximum atomic E-state index is 9.85. The van der Waals surface area contributed by atoms with E-state index in [2.05, 4.69) is 24.1 Å². The number of aliphatic hydroxyl groups is 1. The van der Waals surface area contributed by atoms with Crippen LogP contribution >= 0.6 is 0 Å². The summed E-state index contributed by atoms with van der Waals surface area (Å²) in [5.41, 5.74) is 0.0377. The average Bonchev–Trinajstić information content (AvgIpc) is 3.26.